The zero-order chi connectivity index (χ0) is 15.7. The average Bonchev–Trinajstić information content (AvgIpc) is 2.55. The second kappa shape index (κ2) is 5.66. The number of carbonyl (C=O) groups is 1. The number of halogens is 1. The van der Waals surface area contributed by atoms with Crippen molar-refractivity contribution in [2.45, 2.75) is 0 Å². The number of hydrogen-bond acceptors (Lipinski definition) is 4. The van der Waals surface area contributed by atoms with Crippen LogP contribution in [0.25, 0.3) is 11.0 Å². The van der Waals surface area contributed by atoms with E-state index < -0.39 is 11.2 Å². The Hall–Kier alpha value is -2.59. The van der Waals surface area contributed by atoms with Crippen LogP contribution in [0.5, 0.6) is 5.75 Å². The number of fused-ring (bicyclic) bond motifs is 1. The summed E-state index contributed by atoms with van der Waals surface area (Å²) in [5, 5.41) is 0.579. The molecule has 0 amide bonds. The van der Waals surface area contributed by atoms with Gasteiger partial charge in [0.05, 0.1) is 17.5 Å². The Labute approximate surface area is 130 Å². The molecule has 22 heavy (non-hydrogen) atoms. The van der Waals surface area contributed by atoms with Crippen molar-refractivity contribution in [1.82, 2.24) is 0 Å². The van der Waals surface area contributed by atoms with Crippen LogP contribution in [-0.4, -0.2) is 12.9 Å². The molecule has 0 aliphatic heterocycles. The molecule has 1 heterocycles. The number of benzene rings is 2. The van der Waals surface area contributed by atoms with E-state index in [1.54, 1.807) is 42.5 Å². The predicted molar refractivity (Wildman–Crippen MR) is 83.9 cm³/mol. The van der Waals surface area contributed by atoms with Gasteiger partial charge < -0.3 is 9.15 Å². The van der Waals surface area contributed by atoms with Gasteiger partial charge in [-0.15, -0.1) is 0 Å². The van der Waals surface area contributed by atoms with E-state index >= 15 is 0 Å². The van der Waals surface area contributed by atoms with E-state index in [2.05, 4.69) is 0 Å². The van der Waals surface area contributed by atoms with Gasteiger partial charge in [-0.1, -0.05) is 23.7 Å². The zero-order valence-electron chi connectivity index (χ0n) is 11.6. The van der Waals surface area contributed by atoms with Crippen molar-refractivity contribution in [1.29, 1.82) is 0 Å². The molecule has 1 aromatic heterocycles. The zero-order valence-corrected chi connectivity index (χ0v) is 12.4. The summed E-state index contributed by atoms with van der Waals surface area (Å²) in [6.07, 6.45) is 1.17. The molecule has 0 spiro atoms. The summed E-state index contributed by atoms with van der Waals surface area (Å²) in [7, 11) is 1.50. The first kappa shape index (κ1) is 14.4. The SMILES string of the molecule is COc1ccc2occ(C(=O)c3ccccc3Cl)c(=O)c2c1. The first-order valence-corrected chi connectivity index (χ1v) is 6.88. The molecule has 0 aliphatic rings. The summed E-state index contributed by atoms with van der Waals surface area (Å²) in [5.41, 5.74) is 0.180. The molecular weight excluding hydrogens is 304 g/mol. The summed E-state index contributed by atoms with van der Waals surface area (Å²) in [6, 6.07) is 11.4. The second-order valence-electron chi connectivity index (χ2n) is 4.65. The van der Waals surface area contributed by atoms with Gasteiger partial charge in [-0.2, -0.15) is 0 Å². The van der Waals surface area contributed by atoms with Crippen LogP contribution in [0.4, 0.5) is 0 Å². The van der Waals surface area contributed by atoms with Crippen LogP contribution in [0.2, 0.25) is 5.02 Å². The van der Waals surface area contributed by atoms with Crippen LogP contribution >= 0.6 is 11.6 Å². The lowest BCUT2D eigenvalue weighted by molar-refractivity contribution is 0.103. The molecule has 0 atom stereocenters. The minimum absolute atomic E-state index is 0.0612. The Morgan fingerprint density at radius 1 is 1.14 bits per heavy atom. The number of ether oxygens (including phenoxy) is 1. The second-order valence-corrected chi connectivity index (χ2v) is 5.06. The number of hydrogen-bond donors (Lipinski definition) is 0. The Bertz CT molecular complexity index is 927. The van der Waals surface area contributed by atoms with E-state index in [4.69, 9.17) is 20.8 Å². The summed E-state index contributed by atoms with van der Waals surface area (Å²) in [4.78, 5) is 25.1. The molecule has 0 saturated carbocycles. The molecule has 5 heteroatoms. The molecule has 4 nitrogen and oxygen atoms in total. The Kier molecular flexibility index (Phi) is 3.69. The molecule has 3 aromatic rings. The van der Waals surface area contributed by atoms with Gasteiger partial charge in [0.15, 0.2) is 0 Å². The number of carbonyl (C=O) groups excluding carboxylic acids is 1. The fourth-order valence-electron chi connectivity index (χ4n) is 2.18. The van der Waals surface area contributed by atoms with E-state index in [1.807, 2.05) is 0 Å². The normalized spacial score (nSPS) is 10.6. The highest BCUT2D eigenvalue weighted by Crippen LogP contribution is 2.21. The Balaban J connectivity index is 2.20. The first-order valence-electron chi connectivity index (χ1n) is 6.50. The van der Waals surface area contributed by atoms with Crippen LogP contribution in [0, 0.1) is 0 Å². The van der Waals surface area contributed by atoms with Crippen molar-refractivity contribution in [2.75, 3.05) is 7.11 Å². The molecule has 0 saturated heterocycles. The van der Waals surface area contributed by atoms with Crippen LogP contribution < -0.4 is 10.2 Å². The Morgan fingerprint density at radius 2 is 1.91 bits per heavy atom. The van der Waals surface area contributed by atoms with E-state index in [0.717, 1.165) is 0 Å². The largest absolute Gasteiger partial charge is 0.497 e. The van der Waals surface area contributed by atoms with Crippen LogP contribution in [-0.2, 0) is 0 Å². The fourth-order valence-corrected chi connectivity index (χ4v) is 2.41. The third-order valence-electron chi connectivity index (χ3n) is 3.34. The minimum Gasteiger partial charge on any atom is -0.497 e. The number of methoxy groups -OCH3 is 1. The van der Waals surface area contributed by atoms with Crippen molar-refractivity contribution >= 4 is 28.4 Å². The highest BCUT2D eigenvalue weighted by atomic mass is 35.5. The quantitative estimate of drug-likeness (QED) is 0.692. The van der Waals surface area contributed by atoms with Gasteiger partial charge in [0.1, 0.15) is 23.2 Å². The maximum Gasteiger partial charge on any atom is 0.204 e. The lowest BCUT2D eigenvalue weighted by atomic mass is 10.0. The third kappa shape index (κ3) is 2.38. The summed E-state index contributed by atoms with van der Waals surface area (Å²) < 4.78 is 10.5. The molecule has 0 N–H and O–H groups in total. The van der Waals surface area contributed by atoms with Gasteiger partial charge in [0.25, 0.3) is 0 Å². The lowest BCUT2D eigenvalue weighted by Gasteiger charge is -2.05. The smallest absolute Gasteiger partial charge is 0.204 e. The molecule has 3 rings (SSSR count). The fraction of sp³-hybridized carbons (Fsp3) is 0.0588. The standard InChI is InChI=1S/C17H11ClO4/c1-21-10-6-7-15-12(8-10)17(20)13(9-22-15)16(19)11-4-2-3-5-14(11)18/h2-9H,1H3. The van der Waals surface area contributed by atoms with Gasteiger partial charge in [-0.05, 0) is 30.3 Å². The topological polar surface area (TPSA) is 56.5 Å². The maximum atomic E-state index is 12.5. The summed E-state index contributed by atoms with van der Waals surface area (Å²) >= 11 is 6.01. The predicted octanol–water partition coefficient (Wildman–Crippen LogP) is 3.69. The number of ketones is 1. The van der Waals surface area contributed by atoms with E-state index in [-0.39, 0.29) is 21.5 Å². The van der Waals surface area contributed by atoms with Crippen molar-refractivity contribution in [2.24, 2.45) is 0 Å². The monoisotopic (exact) mass is 314 g/mol. The molecule has 110 valence electrons. The van der Waals surface area contributed by atoms with Gasteiger partial charge >= 0.3 is 0 Å². The molecule has 0 unspecified atom stereocenters. The van der Waals surface area contributed by atoms with Crippen LogP contribution in [0.3, 0.4) is 0 Å². The van der Waals surface area contributed by atoms with Crippen molar-refractivity contribution in [3.8, 4) is 5.75 Å². The van der Waals surface area contributed by atoms with Crippen molar-refractivity contribution in [3.63, 3.8) is 0 Å². The molecule has 0 radical (unpaired) electrons. The van der Waals surface area contributed by atoms with Crippen LogP contribution in [0.15, 0.2) is 57.9 Å². The van der Waals surface area contributed by atoms with E-state index in [1.165, 1.54) is 13.4 Å². The van der Waals surface area contributed by atoms with Gasteiger partial charge in [0.2, 0.25) is 11.2 Å². The molecule has 2 aromatic carbocycles. The minimum atomic E-state index is -0.468. The lowest BCUT2D eigenvalue weighted by Crippen LogP contribution is -2.16. The van der Waals surface area contributed by atoms with Crippen molar-refractivity contribution < 1.29 is 13.9 Å². The van der Waals surface area contributed by atoms with Gasteiger partial charge in [-0.3, -0.25) is 9.59 Å². The van der Waals surface area contributed by atoms with Crippen molar-refractivity contribution in [3.05, 3.63) is 75.1 Å². The summed E-state index contributed by atoms with van der Waals surface area (Å²) in [6.45, 7) is 0. The first-order chi connectivity index (χ1) is 10.6. The molecule has 0 fully saturated rings. The maximum absolute atomic E-state index is 12.5. The molecule has 0 aliphatic carbocycles. The highest BCUT2D eigenvalue weighted by molar-refractivity contribution is 6.35. The average molecular weight is 315 g/mol. The van der Waals surface area contributed by atoms with E-state index in [0.29, 0.717) is 11.3 Å². The third-order valence-corrected chi connectivity index (χ3v) is 3.67. The molecular formula is C17H11ClO4. The van der Waals surface area contributed by atoms with Crippen LogP contribution in [0.1, 0.15) is 15.9 Å². The summed E-state index contributed by atoms with van der Waals surface area (Å²) in [5.74, 6) is 0.0474. The Morgan fingerprint density at radius 3 is 2.64 bits per heavy atom. The van der Waals surface area contributed by atoms with Gasteiger partial charge in [-0.25, -0.2) is 0 Å². The van der Waals surface area contributed by atoms with E-state index in [9.17, 15) is 9.59 Å². The highest BCUT2D eigenvalue weighted by Gasteiger charge is 2.18. The van der Waals surface area contributed by atoms with Gasteiger partial charge in [0, 0.05) is 5.56 Å². The number of rotatable bonds is 3. The molecule has 0 bridgehead atoms.